The third kappa shape index (κ3) is 6.20. The molecule has 0 saturated heterocycles. The first kappa shape index (κ1) is 24.3. The number of hydrogen-bond acceptors (Lipinski definition) is 5. The number of aryl methyl sites for hydroxylation is 2. The summed E-state index contributed by atoms with van der Waals surface area (Å²) in [5, 5.41) is 12.3. The summed E-state index contributed by atoms with van der Waals surface area (Å²) in [6, 6.07) is 4.43. The number of anilines is 3. The summed E-state index contributed by atoms with van der Waals surface area (Å²) in [6.07, 6.45) is 8.98. The number of pyridine rings is 1. The summed E-state index contributed by atoms with van der Waals surface area (Å²) >= 11 is 0. The first-order chi connectivity index (χ1) is 16.8. The summed E-state index contributed by atoms with van der Waals surface area (Å²) in [6.45, 7) is 1.69. The predicted octanol–water partition coefficient (Wildman–Crippen LogP) is 4.46. The SMILES string of the molecule is Cc1cc(Nc2cc(C(=O)N[C@@H](CC3CCCC3)C(=O)Nc3cnn(C)c3)ccc2F)c(F)cn1. The molecule has 0 aliphatic heterocycles. The molecule has 8 nitrogen and oxygen atoms in total. The van der Waals surface area contributed by atoms with Crippen molar-refractivity contribution in [3.05, 3.63) is 65.7 Å². The molecule has 2 heterocycles. The molecule has 1 fully saturated rings. The topological polar surface area (TPSA) is 101 Å². The molecule has 1 aliphatic carbocycles. The van der Waals surface area contributed by atoms with E-state index in [9.17, 15) is 18.4 Å². The Morgan fingerprint density at radius 3 is 2.57 bits per heavy atom. The van der Waals surface area contributed by atoms with Gasteiger partial charge in [0, 0.05) is 24.5 Å². The van der Waals surface area contributed by atoms with Crippen LogP contribution >= 0.6 is 0 Å². The molecule has 0 radical (unpaired) electrons. The number of nitrogens with zero attached hydrogens (tertiary/aromatic N) is 3. The molecule has 1 saturated carbocycles. The van der Waals surface area contributed by atoms with Crippen molar-refractivity contribution in [3.63, 3.8) is 0 Å². The van der Waals surface area contributed by atoms with Gasteiger partial charge in [0.2, 0.25) is 5.91 Å². The van der Waals surface area contributed by atoms with Gasteiger partial charge in [-0.25, -0.2) is 8.78 Å². The maximum Gasteiger partial charge on any atom is 0.252 e. The zero-order valence-corrected chi connectivity index (χ0v) is 19.6. The number of aromatic nitrogens is 3. The van der Waals surface area contributed by atoms with Crippen molar-refractivity contribution < 1.29 is 18.4 Å². The van der Waals surface area contributed by atoms with Gasteiger partial charge in [0.15, 0.2) is 5.82 Å². The van der Waals surface area contributed by atoms with Crippen molar-refractivity contribution in [1.29, 1.82) is 0 Å². The fourth-order valence-corrected chi connectivity index (χ4v) is 4.31. The molecule has 4 rings (SSSR count). The minimum Gasteiger partial charge on any atom is -0.351 e. The third-order valence-electron chi connectivity index (χ3n) is 6.13. The second kappa shape index (κ2) is 10.6. The minimum atomic E-state index is -0.771. The van der Waals surface area contributed by atoms with E-state index in [0.29, 0.717) is 23.7 Å². The van der Waals surface area contributed by atoms with Gasteiger partial charge in [-0.05, 0) is 43.5 Å². The number of halogens is 2. The zero-order valence-electron chi connectivity index (χ0n) is 19.6. The molecule has 2 aromatic heterocycles. The zero-order chi connectivity index (χ0) is 24.9. The van der Waals surface area contributed by atoms with Crippen molar-refractivity contribution in [1.82, 2.24) is 20.1 Å². The van der Waals surface area contributed by atoms with E-state index in [0.717, 1.165) is 37.9 Å². The highest BCUT2D eigenvalue weighted by Crippen LogP contribution is 2.29. The van der Waals surface area contributed by atoms with Crippen LogP contribution < -0.4 is 16.0 Å². The second-order valence-electron chi connectivity index (χ2n) is 8.93. The van der Waals surface area contributed by atoms with Gasteiger partial charge in [0.25, 0.3) is 5.91 Å². The van der Waals surface area contributed by atoms with Crippen LogP contribution in [0.3, 0.4) is 0 Å². The first-order valence-electron chi connectivity index (χ1n) is 11.6. The quantitative estimate of drug-likeness (QED) is 0.440. The monoisotopic (exact) mass is 482 g/mol. The Morgan fingerprint density at radius 2 is 1.86 bits per heavy atom. The average molecular weight is 483 g/mol. The van der Waals surface area contributed by atoms with Crippen LogP contribution in [0.1, 0.15) is 48.2 Å². The van der Waals surface area contributed by atoms with E-state index < -0.39 is 23.6 Å². The molecule has 1 atom stereocenters. The molecule has 1 aliphatic rings. The highest BCUT2D eigenvalue weighted by molar-refractivity contribution is 6.01. The summed E-state index contributed by atoms with van der Waals surface area (Å²) in [5.74, 6) is -1.82. The van der Waals surface area contributed by atoms with E-state index in [1.165, 1.54) is 24.4 Å². The van der Waals surface area contributed by atoms with E-state index in [2.05, 4.69) is 26.0 Å². The third-order valence-corrected chi connectivity index (χ3v) is 6.13. The van der Waals surface area contributed by atoms with Crippen LogP contribution in [-0.4, -0.2) is 32.6 Å². The van der Waals surface area contributed by atoms with E-state index >= 15 is 0 Å². The van der Waals surface area contributed by atoms with Gasteiger partial charge in [0.05, 0.1) is 29.5 Å². The van der Waals surface area contributed by atoms with Gasteiger partial charge in [0.1, 0.15) is 11.9 Å². The Kier molecular flexibility index (Phi) is 7.38. The highest BCUT2D eigenvalue weighted by atomic mass is 19.1. The Balaban J connectivity index is 1.51. The fraction of sp³-hybridized carbons (Fsp3) is 0.360. The average Bonchev–Trinajstić information content (AvgIpc) is 3.48. The maximum atomic E-state index is 14.5. The molecular weight excluding hydrogens is 454 g/mol. The van der Waals surface area contributed by atoms with Crippen LogP contribution in [0, 0.1) is 24.5 Å². The number of hydrogen-bond donors (Lipinski definition) is 3. The lowest BCUT2D eigenvalue weighted by Gasteiger charge is -2.21. The summed E-state index contributed by atoms with van der Waals surface area (Å²) in [5.41, 5.74) is 1.22. The van der Waals surface area contributed by atoms with Crippen molar-refractivity contribution in [2.45, 2.75) is 45.1 Å². The maximum absolute atomic E-state index is 14.5. The number of carbonyl (C=O) groups excluding carboxylic acids is 2. The number of rotatable bonds is 8. The van der Waals surface area contributed by atoms with Gasteiger partial charge in [-0.15, -0.1) is 0 Å². The van der Waals surface area contributed by atoms with Gasteiger partial charge >= 0.3 is 0 Å². The van der Waals surface area contributed by atoms with Crippen LogP contribution in [-0.2, 0) is 11.8 Å². The van der Waals surface area contributed by atoms with E-state index in [-0.39, 0.29) is 22.8 Å². The van der Waals surface area contributed by atoms with E-state index in [4.69, 9.17) is 0 Å². The molecule has 184 valence electrons. The Bertz CT molecular complexity index is 1220. The summed E-state index contributed by atoms with van der Waals surface area (Å²) in [4.78, 5) is 30.0. The molecule has 3 N–H and O–H groups in total. The number of carbonyl (C=O) groups is 2. The molecule has 2 amide bonds. The van der Waals surface area contributed by atoms with Gasteiger partial charge in [-0.3, -0.25) is 19.3 Å². The van der Waals surface area contributed by atoms with Crippen LogP contribution in [0.5, 0.6) is 0 Å². The predicted molar refractivity (Wildman–Crippen MR) is 128 cm³/mol. The van der Waals surface area contributed by atoms with E-state index in [1.807, 2.05) is 0 Å². The van der Waals surface area contributed by atoms with Crippen molar-refractivity contribution >= 4 is 28.9 Å². The van der Waals surface area contributed by atoms with Gasteiger partial charge in [-0.2, -0.15) is 5.10 Å². The molecule has 3 aromatic rings. The lowest BCUT2D eigenvalue weighted by Crippen LogP contribution is -2.44. The largest absolute Gasteiger partial charge is 0.351 e. The molecule has 0 unspecified atom stereocenters. The van der Waals surface area contributed by atoms with Crippen LogP contribution in [0.25, 0.3) is 0 Å². The molecule has 0 spiro atoms. The molecular formula is C25H28F2N6O2. The fourth-order valence-electron chi connectivity index (χ4n) is 4.31. The van der Waals surface area contributed by atoms with Gasteiger partial charge < -0.3 is 16.0 Å². The van der Waals surface area contributed by atoms with E-state index in [1.54, 1.807) is 24.9 Å². The van der Waals surface area contributed by atoms with Crippen molar-refractivity contribution in [2.75, 3.05) is 10.6 Å². The molecule has 35 heavy (non-hydrogen) atoms. The lowest BCUT2D eigenvalue weighted by atomic mass is 9.97. The Hall–Kier alpha value is -3.82. The smallest absolute Gasteiger partial charge is 0.252 e. The highest BCUT2D eigenvalue weighted by Gasteiger charge is 2.27. The second-order valence-corrected chi connectivity index (χ2v) is 8.93. The summed E-state index contributed by atoms with van der Waals surface area (Å²) in [7, 11) is 1.74. The number of amides is 2. The van der Waals surface area contributed by atoms with Crippen LogP contribution in [0.15, 0.2) is 42.9 Å². The lowest BCUT2D eigenvalue weighted by molar-refractivity contribution is -0.118. The van der Waals surface area contributed by atoms with Gasteiger partial charge in [-0.1, -0.05) is 25.7 Å². The number of benzene rings is 1. The number of nitrogens with one attached hydrogen (secondary N) is 3. The molecule has 10 heteroatoms. The normalized spacial score (nSPS) is 14.5. The Labute approximate surface area is 202 Å². The molecule has 1 aromatic carbocycles. The van der Waals surface area contributed by atoms with Crippen LogP contribution in [0.4, 0.5) is 25.8 Å². The standard InChI is InChI=1S/C25H28F2N6O2/c1-15-9-21(20(27)13-28-15)31-22-11-17(7-8-19(22)26)24(34)32-23(10-16-5-3-4-6-16)25(35)30-18-12-29-33(2)14-18/h7-9,11-14,16,23H,3-6,10H2,1-2H3,(H,28,31)(H,30,35)(H,32,34)/t23-/m0/s1. The van der Waals surface area contributed by atoms with Crippen molar-refractivity contribution in [2.24, 2.45) is 13.0 Å². The minimum absolute atomic E-state index is 0.0453. The van der Waals surface area contributed by atoms with Crippen LogP contribution in [0.2, 0.25) is 0 Å². The Morgan fingerprint density at radius 1 is 1.11 bits per heavy atom. The first-order valence-corrected chi connectivity index (χ1v) is 11.6. The summed E-state index contributed by atoms with van der Waals surface area (Å²) < 4.78 is 30.1. The molecule has 0 bridgehead atoms. The van der Waals surface area contributed by atoms with Crippen molar-refractivity contribution in [3.8, 4) is 0 Å².